The maximum absolute atomic E-state index is 13.0. The van der Waals surface area contributed by atoms with Crippen molar-refractivity contribution in [2.75, 3.05) is 36.4 Å². The lowest BCUT2D eigenvalue weighted by Crippen LogP contribution is -2.42. The number of nitrogens with zero attached hydrogens (tertiary/aromatic N) is 5. The summed E-state index contributed by atoms with van der Waals surface area (Å²) in [7, 11) is 0. The second-order valence-corrected chi connectivity index (χ2v) is 10.3. The van der Waals surface area contributed by atoms with Gasteiger partial charge in [-0.2, -0.15) is 0 Å². The number of hydrogen-bond acceptors (Lipinski definition) is 6. The zero-order chi connectivity index (χ0) is 24.6. The van der Waals surface area contributed by atoms with Gasteiger partial charge in [0.15, 0.2) is 0 Å². The first-order valence-electron chi connectivity index (χ1n) is 11.8. The number of fused-ring (bicyclic) bond motifs is 2. The first kappa shape index (κ1) is 22.9. The van der Waals surface area contributed by atoms with E-state index in [-0.39, 0.29) is 5.91 Å². The van der Waals surface area contributed by atoms with Gasteiger partial charge in [0.2, 0.25) is 0 Å². The number of anilines is 2. The normalized spacial score (nSPS) is 14.4. The second kappa shape index (κ2) is 9.47. The predicted octanol–water partition coefficient (Wildman–Crippen LogP) is 5.21. The molecule has 1 aliphatic rings. The quantitative estimate of drug-likeness (QED) is 0.221. The van der Waals surface area contributed by atoms with Crippen LogP contribution in [-0.4, -0.2) is 55.1 Å². The summed E-state index contributed by atoms with van der Waals surface area (Å²) in [5, 5.41) is 6.07. The van der Waals surface area contributed by atoms with Crippen molar-refractivity contribution >= 4 is 62.2 Å². The maximum atomic E-state index is 13.0. The van der Waals surface area contributed by atoms with Crippen molar-refractivity contribution < 1.29 is 4.79 Å². The van der Waals surface area contributed by atoms with Gasteiger partial charge in [0.1, 0.15) is 17.3 Å². The Bertz CT molecular complexity index is 1590. The number of aromatic nitrogens is 4. The van der Waals surface area contributed by atoms with Crippen molar-refractivity contribution in [1.29, 1.82) is 0 Å². The van der Waals surface area contributed by atoms with Crippen LogP contribution in [0, 0.1) is 6.92 Å². The molecule has 0 saturated carbocycles. The van der Waals surface area contributed by atoms with Crippen LogP contribution in [0.5, 0.6) is 0 Å². The SMILES string of the molecule is Cc1c[nH]c2ncc(-c3ccc4cnc(NC(=O)c5ccnc(N6CCN(I)CC6)c5)cc4c3)cc12. The lowest BCUT2D eigenvalue weighted by Gasteiger charge is -2.32. The fourth-order valence-corrected chi connectivity index (χ4v) is 4.95. The molecule has 0 unspecified atom stereocenters. The number of rotatable bonds is 4. The monoisotopic (exact) mass is 589 g/mol. The number of H-pyrrole nitrogens is 1. The zero-order valence-corrected chi connectivity index (χ0v) is 21.9. The summed E-state index contributed by atoms with van der Waals surface area (Å²) in [6.45, 7) is 5.79. The van der Waals surface area contributed by atoms with E-state index >= 15 is 0 Å². The number of aromatic amines is 1. The minimum atomic E-state index is -0.202. The van der Waals surface area contributed by atoms with Crippen LogP contribution in [0.4, 0.5) is 11.6 Å². The molecule has 1 aliphatic heterocycles. The Labute approximate surface area is 222 Å². The van der Waals surface area contributed by atoms with Crippen LogP contribution in [0.1, 0.15) is 15.9 Å². The number of amides is 1. The third kappa shape index (κ3) is 4.51. The summed E-state index contributed by atoms with van der Waals surface area (Å²) in [6, 6.07) is 13.9. The Morgan fingerprint density at radius 2 is 1.81 bits per heavy atom. The minimum absolute atomic E-state index is 0.202. The van der Waals surface area contributed by atoms with Gasteiger partial charge in [0.25, 0.3) is 5.91 Å². The number of piperazine rings is 1. The Kier molecular flexibility index (Phi) is 6.02. The molecular weight excluding hydrogens is 565 g/mol. The van der Waals surface area contributed by atoms with Gasteiger partial charge in [0, 0.05) is 95.7 Å². The van der Waals surface area contributed by atoms with E-state index in [0.717, 1.165) is 64.9 Å². The highest BCUT2D eigenvalue weighted by molar-refractivity contribution is 14.1. The average Bonchev–Trinajstić information content (AvgIpc) is 3.28. The van der Waals surface area contributed by atoms with E-state index in [9.17, 15) is 4.79 Å². The number of aryl methyl sites for hydroxylation is 1. The highest BCUT2D eigenvalue weighted by atomic mass is 127. The first-order chi connectivity index (χ1) is 17.5. The second-order valence-electron chi connectivity index (χ2n) is 8.98. The molecule has 5 heterocycles. The summed E-state index contributed by atoms with van der Waals surface area (Å²) >= 11 is 2.34. The number of benzene rings is 1. The summed E-state index contributed by atoms with van der Waals surface area (Å²) in [5.74, 6) is 1.13. The molecular formula is C27H24IN7O. The van der Waals surface area contributed by atoms with Crippen molar-refractivity contribution in [3.8, 4) is 11.1 Å². The fourth-order valence-electron chi connectivity index (χ4n) is 4.51. The third-order valence-corrected chi connectivity index (χ3v) is 7.56. The van der Waals surface area contributed by atoms with Crippen LogP contribution >= 0.6 is 22.9 Å². The molecule has 1 saturated heterocycles. The highest BCUT2D eigenvalue weighted by Crippen LogP contribution is 2.28. The van der Waals surface area contributed by atoms with Gasteiger partial charge in [-0.05, 0) is 53.8 Å². The van der Waals surface area contributed by atoms with E-state index in [1.54, 1.807) is 18.5 Å². The number of nitrogens with one attached hydrogen (secondary N) is 2. The van der Waals surface area contributed by atoms with Gasteiger partial charge < -0.3 is 15.2 Å². The molecule has 9 heteroatoms. The van der Waals surface area contributed by atoms with Crippen molar-refractivity contribution in [2.45, 2.75) is 6.92 Å². The van der Waals surface area contributed by atoms with Crippen LogP contribution in [0.15, 0.2) is 67.3 Å². The molecule has 0 bridgehead atoms. The smallest absolute Gasteiger partial charge is 0.257 e. The van der Waals surface area contributed by atoms with Gasteiger partial charge in [-0.15, -0.1) is 0 Å². The van der Waals surface area contributed by atoms with Crippen LogP contribution in [0.3, 0.4) is 0 Å². The lowest BCUT2D eigenvalue weighted by atomic mass is 10.0. The van der Waals surface area contributed by atoms with Gasteiger partial charge in [-0.1, -0.05) is 12.1 Å². The number of pyridine rings is 3. The Hall–Kier alpha value is -3.57. The average molecular weight is 589 g/mol. The third-order valence-electron chi connectivity index (χ3n) is 6.59. The minimum Gasteiger partial charge on any atom is -0.354 e. The van der Waals surface area contributed by atoms with Crippen molar-refractivity contribution in [3.05, 3.63) is 78.4 Å². The molecule has 1 aromatic carbocycles. The van der Waals surface area contributed by atoms with Gasteiger partial charge in [0.05, 0.1) is 0 Å². The highest BCUT2D eigenvalue weighted by Gasteiger charge is 2.18. The molecule has 2 N–H and O–H groups in total. The lowest BCUT2D eigenvalue weighted by molar-refractivity contribution is 0.102. The Morgan fingerprint density at radius 3 is 2.67 bits per heavy atom. The topological polar surface area (TPSA) is 90.0 Å². The van der Waals surface area contributed by atoms with Crippen LogP contribution < -0.4 is 10.2 Å². The Morgan fingerprint density at radius 1 is 0.944 bits per heavy atom. The van der Waals surface area contributed by atoms with Crippen LogP contribution in [0.25, 0.3) is 32.9 Å². The van der Waals surface area contributed by atoms with Crippen molar-refractivity contribution in [1.82, 2.24) is 23.0 Å². The molecule has 1 fully saturated rings. The van der Waals surface area contributed by atoms with Crippen molar-refractivity contribution in [3.63, 3.8) is 0 Å². The molecule has 5 aromatic rings. The van der Waals surface area contributed by atoms with E-state index in [2.05, 4.69) is 81.3 Å². The van der Waals surface area contributed by atoms with Crippen molar-refractivity contribution in [2.24, 2.45) is 0 Å². The molecule has 0 spiro atoms. The molecule has 1 amide bonds. The standard InChI is InChI=1S/C27H24IN7O/c1-17-14-31-26-23(17)11-22(16-32-26)18-2-3-20-15-30-24(12-21(20)10-18)33-27(36)19-4-5-29-25(13-19)34-6-8-35(28)9-7-34/h2-5,10-16H,6-9H2,1H3,(H,31,32)(H,30,33,36). The maximum Gasteiger partial charge on any atom is 0.257 e. The molecule has 180 valence electrons. The van der Waals surface area contributed by atoms with Crippen LogP contribution in [0.2, 0.25) is 0 Å². The molecule has 6 rings (SSSR count). The van der Waals surface area contributed by atoms with Crippen LogP contribution in [-0.2, 0) is 0 Å². The van der Waals surface area contributed by atoms with Gasteiger partial charge in [-0.3, -0.25) is 4.79 Å². The largest absolute Gasteiger partial charge is 0.354 e. The number of halogens is 1. The molecule has 0 radical (unpaired) electrons. The van der Waals surface area contributed by atoms with Gasteiger partial charge >= 0.3 is 0 Å². The molecule has 0 aliphatic carbocycles. The molecule has 36 heavy (non-hydrogen) atoms. The predicted molar refractivity (Wildman–Crippen MR) is 152 cm³/mol. The van der Waals surface area contributed by atoms with E-state index < -0.39 is 0 Å². The van der Waals surface area contributed by atoms with E-state index in [1.165, 1.54) is 5.56 Å². The van der Waals surface area contributed by atoms with Gasteiger partial charge in [-0.25, -0.2) is 18.1 Å². The summed E-state index contributed by atoms with van der Waals surface area (Å²) in [6.07, 6.45) is 7.33. The van der Waals surface area contributed by atoms with E-state index in [1.807, 2.05) is 30.6 Å². The van der Waals surface area contributed by atoms with E-state index in [0.29, 0.717) is 11.4 Å². The number of hydrogen-bond donors (Lipinski definition) is 2. The molecule has 8 nitrogen and oxygen atoms in total. The zero-order valence-electron chi connectivity index (χ0n) is 19.7. The molecule has 4 aromatic heterocycles. The van der Waals surface area contributed by atoms with E-state index in [4.69, 9.17) is 0 Å². The Balaban J connectivity index is 1.24. The fraction of sp³-hybridized carbons (Fsp3) is 0.185. The number of carbonyl (C=O) groups excluding carboxylic acids is 1. The number of carbonyl (C=O) groups is 1. The summed E-state index contributed by atoms with van der Waals surface area (Å²) in [4.78, 5) is 31.9. The molecule has 0 atom stereocenters. The first-order valence-corrected chi connectivity index (χ1v) is 12.8. The summed E-state index contributed by atoms with van der Waals surface area (Å²) in [5.41, 5.74) is 4.72. The summed E-state index contributed by atoms with van der Waals surface area (Å²) < 4.78 is 2.26.